The van der Waals surface area contributed by atoms with Crippen molar-refractivity contribution in [3.63, 3.8) is 0 Å². The summed E-state index contributed by atoms with van der Waals surface area (Å²) in [5.74, 6) is 0.730. The number of hydrogen-bond acceptors (Lipinski definition) is 8. The lowest BCUT2D eigenvalue weighted by Gasteiger charge is -2.11. The van der Waals surface area contributed by atoms with Gasteiger partial charge in [0.15, 0.2) is 0 Å². The fraction of sp³-hybridized carbons (Fsp3) is 0.222. The summed E-state index contributed by atoms with van der Waals surface area (Å²) in [4.78, 5) is 4.20. The van der Waals surface area contributed by atoms with E-state index in [1.807, 2.05) is 24.3 Å². The largest absolute Gasteiger partial charge is 0.493 e. The van der Waals surface area contributed by atoms with Crippen LogP contribution in [0.25, 0.3) is 22.0 Å². The number of rotatable bonds is 11. The number of nitrogen functional groups attached to an aromatic ring is 1. The average Bonchev–Trinajstić information content (AvgIpc) is 2.90. The number of pyridine rings is 1. The van der Waals surface area contributed by atoms with Gasteiger partial charge in [0.1, 0.15) is 22.0 Å². The maximum absolute atomic E-state index is 11.9. The maximum atomic E-state index is 11.9. The molecule has 1 heterocycles. The van der Waals surface area contributed by atoms with Crippen LogP contribution in [0.4, 0.5) is 17.1 Å². The van der Waals surface area contributed by atoms with E-state index in [9.17, 15) is 13.0 Å². The van der Waals surface area contributed by atoms with Crippen LogP contribution < -0.4 is 10.5 Å². The Bertz CT molecular complexity index is 1510. The highest BCUT2D eigenvalue weighted by atomic mass is 32.2. The monoisotopic (exact) mass is 520 g/mol. The van der Waals surface area contributed by atoms with Gasteiger partial charge < -0.3 is 15.6 Å². The number of nitrogens with two attached hydrogens (primary N) is 1. The second-order valence-corrected chi connectivity index (χ2v) is 9.80. The third-order valence-corrected chi connectivity index (χ3v) is 6.69. The number of aliphatic hydroxyl groups excluding tert-OH is 1. The minimum atomic E-state index is -4.50. The van der Waals surface area contributed by atoms with E-state index in [1.54, 1.807) is 42.6 Å². The summed E-state index contributed by atoms with van der Waals surface area (Å²) in [5.41, 5.74) is 8.57. The first-order chi connectivity index (χ1) is 17.9. The molecule has 9 nitrogen and oxygen atoms in total. The molecule has 0 spiro atoms. The zero-order valence-electron chi connectivity index (χ0n) is 20.1. The highest BCUT2D eigenvalue weighted by Gasteiger charge is 2.18. The molecule has 0 saturated heterocycles. The standard InChI is InChI=1S/C27H28N4O5S/c28-27-21-10-4-3-9-20(21)26(37(33,34)35)17-24(27)31-30-19-13-14-23(29-18-19)22-11-5-6-12-25(22)36-16-8-2-1-7-15-32/h3-6,9-14,17-18,32H,1-2,7-8,15-16,28H2,(H,33,34,35). The highest BCUT2D eigenvalue weighted by molar-refractivity contribution is 7.86. The van der Waals surface area contributed by atoms with Crippen LogP contribution in [-0.4, -0.2) is 36.3 Å². The van der Waals surface area contributed by atoms with Crippen LogP contribution >= 0.6 is 0 Å². The lowest BCUT2D eigenvalue weighted by atomic mass is 10.1. The van der Waals surface area contributed by atoms with Gasteiger partial charge in [0.25, 0.3) is 10.1 Å². The van der Waals surface area contributed by atoms with E-state index in [0.717, 1.165) is 37.0 Å². The molecule has 4 aromatic rings. The lowest BCUT2D eigenvalue weighted by molar-refractivity contribution is 0.273. The molecule has 0 radical (unpaired) electrons. The second kappa shape index (κ2) is 11.9. The maximum Gasteiger partial charge on any atom is 0.295 e. The second-order valence-electron chi connectivity index (χ2n) is 8.41. The molecule has 0 bridgehead atoms. The Morgan fingerprint density at radius 2 is 1.62 bits per heavy atom. The van der Waals surface area contributed by atoms with Crippen molar-refractivity contribution in [2.45, 2.75) is 30.6 Å². The highest BCUT2D eigenvalue weighted by Crippen LogP contribution is 2.37. The first-order valence-corrected chi connectivity index (χ1v) is 13.3. The summed E-state index contributed by atoms with van der Waals surface area (Å²) in [6.45, 7) is 0.791. The average molecular weight is 521 g/mol. The van der Waals surface area contributed by atoms with Crippen molar-refractivity contribution in [2.75, 3.05) is 18.9 Å². The van der Waals surface area contributed by atoms with E-state index in [-0.39, 0.29) is 22.9 Å². The number of para-hydroxylation sites is 1. The van der Waals surface area contributed by atoms with Crippen molar-refractivity contribution in [2.24, 2.45) is 10.2 Å². The molecule has 0 amide bonds. The fourth-order valence-electron chi connectivity index (χ4n) is 3.92. The van der Waals surface area contributed by atoms with Gasteiger partial charge in [0.2, 0.25) is 0 Å². The Balaban J connectivity index is 1.53. The zero-order chi connectivity index (χ0) is 26.3. The number of nitrogens with zero attached hydrogens (tertiary/aromatic N) is 3. The molecule has 4 N–H and O–H groups in total. The molecule has 0 saturated carbocycles. The van der Waals surface area contributed by atoms with Crippen molar-refractivity contribution in [1.29, 1.82) is 0 Å². The van der Waals surface area contributed by atoms with Gasteiger partial charge in [-0.3, -0.25) is 9.54 Å². The van der Waals surface area contributed by atoms with Crippen LogP contribution in [0.2, 0.25) is 0 Å². The normalized spacial score (nSPS) is 11.8. The predicted octanol–water partition coefficient (Wildman–Crippen LogP) is 6.08. The Hall–Kier alpha value is -3.86. The van der Waals surface area contributed by atoms with Gasteiger partial charge in [-0.1, -0.05) is 42.8 Å². The molecule has 0 atom stereocenters. The summed E-state index contributed by atoms with van der Waals surface area (Å²) in [6.07, 6.45) is 5.22. The third kappa shape index (κ3) is 6.48. The quantitative estimate of drug-likeness (QED) is 0.0939. The molecular weight excluding hydrogens is 492 g/mol. The molecule has 0 aliphatic heterocycles. The summed E-state index contributed by atoms with van der Waals surface area (Å²) in [5, 5.41) is 17.9. The van der Waals surface area contributed by atoms with E-state index in [4.69, 9.17) is 15.6 Å². The predicted molar refractivity (Wildman–Crippen MR) is 143 cm³/mol. The number of fused-ring (bicyclic) bond motifs is 1. The Labute approximate surface area is 215 Å². The number of unbranched alkanes of at least 4 members (excludes halogenated alkanes) is 3. The lowest BCUT2D eigenvalue weighted by Crippen LogP contribution is -2.01. The Kier molecular flexibility index (Phi) is 8.44. The van der Waals surface area contributed by atoms with Gasteiger partial charge in [-0.25, -0.2) is 0 Å². The van der Waals surface area contributed by atoms with Gasteiger partial charge in [-0.2, -0.15) is 8.42 Å². The molecule has 37 heavy (non-hydrogen) atoms. The Morgan fingerprint density at radius 3 is 2.35 bits per heavy atom. The van der Waals surface area contributed by atoms with E-state index in [1.165, 1.54) is 6.07 Å². The number of aromatic nitrogens is 1. The molecule has 0 aliphatic rings. The van der Waals surface area contributed by atoms with Crippen molar-refractivity contribution in [1.82, 2.24) is 4.98 Å². The third-order valence-electron chi connectivity index (χ3n) is 5.80. The van der Waals surface area contributed by atoms with Crippen LogP contribution in [0.5, 0.6) is 5.75 Å². The van der Waals surface area contributed by atoms with Crippen molar-refractivity contribution < 1.29 is 22.8 Å². The molecule has 0 fully saturated rings. The molecule has 4 rings (SSSR count). The number of ether oxygens (including phenoxy) is 1. The summed E-state index contributed by atoms with van der Waals surface area (Å²) < 4.78 is 39.5. The van der Waals surface area contributed by atoms with Crippen LogP contribution in [0.15, 0.2) is 88.1 Å². The van der Waals surface area contributed by atoms with Crippen LogP contribution in [0, 0.1) is 0 Å². The number of hydrogen-bond donors (Lipinski definition) is 3. The molecule has 1 aromatic heterocycles. The topological polar surface area (TPSA) is 147 Å². The van der Waals surface area contributed by atoms with Crippen molar-refractivity contribution in [3.8, 4) is 17.0 Å². The number of aliphatic hydroxyl groups is 1. The van der Waals surface area contributed by atoms with E-state index < -0.39 is 10.1 Å². The molecular formula is C27H28N4O5S. The minimum absolute atomic E-state index is 0.119. The van der Waals surface area contributed by atoms with Crippen molar-refractivity contribution in [3.05, 3.63) is 72.9 Å². The van der Waals surface area contributed by atoms with Gasteiger partial charge >= 0.3 is 0 Å². The van der Waals surface area contributed by atoms with Crippen LogP contribution in [-0.2, 0) is 10.1 Å². The van der Waals surface area contributed by atoms with Gasteiger partial charge in [-0.15, -0.1) is 10.2 Å². The van der Waals surface area contributed by atoms with Crippen LogP contribution in [0.1, 0.15) is 25.7 Å². The fourth-order valence-corrected chi connectivity index (χ4v) is 4.63. The molecule has 3 aromatic carbocycles. The number of azo groups is 1. The number of anilines is 1. The first-order valence-electron chi connectivity index (χ1n) is 11.9. The van der Waals surface area contributed by atoms with E-state index in [0.29, 0.717) is 28.8 Å². The van der Waals surface area contributed by atoms with Crippen LogP contribution in [0.3, 0.4) is 0 Å². The van der Waals surface area contributed by atoms with Gasteiger partial charge in [0, 0.05) is 22.9 Å². The summed E-state index contributed by atoms with van der Waals surface area (Å²) in [6, 6.07) is 19.0. The summed E-state index contributed by atoms with van der Waals surface area (Å²) >= 11 is 0. The molecule has 10 heteroatoms. The summed E-state index contributed by atoms with van der Waals surface area (Å²) in [7, 11) is -4.50. The zero-order valence-corrected chi connectivity index (χ0v) is 20.9. The van der Waals surface area contributed by atoms with E-state index in [2.05, 4.69) is 15.2 Å². The molecule has 0 aliphatic carbocycles. The van der Waals surface area contributed by atoms with E-state index >= 15 is 0 Å². The molecule has 192 valence electrons. The van der Waals surface area contributed by atoms with Gasteiger partial charge in [0.05, 0.1) is 24.2 Å². The molecule has 0 unspecified atom stereocenters. The van der Waals surface area contributed by atoms with Crippen molar-refractivity contribution >= 4 is 38.0 Å². The van der Waals surface area contributed by atoms with Gasteiger partial charge in [-0.05, 0) is 49.6 Å². The smallest absolute Gasteiger partial charge is 0.295 e. The first kappa shape index (κ1) is 26.2. The SMILES string of the molecule is Nc1c(N=Nc2ccc(-c3ccccc3OCCCCCCO)nc2)cc(S(=O)(=O)O)c2ccccc12. The number of benzene rings is 3. The Morgan fingerprint density at radius 1 is 0.892 bits per heavy atom. The minimum Gasteiger partial charge on any atom is -0.493 e.